The number of aromatic nitrogens is 4. The van der Waals surface area contributed by atoms with Gasteiger partial charge < -0.3 is 15.2 Å². The van der Waals surface area contributed by atoms with Gasteiger partial charge in [-0.05, 0) is 30.9 Å². The number of nitrogens with one attached hydrogen (secondary N) is 2. The molecule has 0 fully saturated rings. The molecule has 0 spiro atoms. The molecule has 204 valence electrons. The summed E-state index contributed by atoms with van der Waals surface area (Å²) in [4.78, 5) is 13.2. The van der Waals surface area contributed by atoms with Gasteiger partial charge in [0.05, 0.1) is 6.54 Å². The van der Waals surface area contributed by atoms with Crippen LogP contribution < -0.4 is 10.6 Å². The number of nitrogens with zero attached hydrogens (tertiary/aromatic N) is 4. The zero-order valence-electron chi connectivity index (χ0n) is 22.1. The van der Waals surface area contributed by atoms with Gasteiger partial charge in [-0.25, -0.2) is 19.3 Å². The minimum Gasteiger partial charge on any atom is -0.377 e. The van der Waals surface area contributed by atoms with Gasteiger partial charge in [-0.15, -0.1) is 0 Å². The molecule has 1 unspecified atom stereocenters. The van der Waals surface area contributed by atoms with Crippen molar-refractivity contribution in [2.24, 2.45) is 0 Å². The molecule has 0 aliphatic carbocycles. The van der Waals surface area contributed by atoms with Crippen LogP contribution >= 0.6 is 0 Å². The summed E-state index contributed by atoms with van der Waals surface area (Å²) < 4.78 is 56.1. The molecule has 2 aromatic heterocycles. The predicted molar refractivity (Wildman–Crippen MR) is 144 cm³/mol. The molecule has 0 radical (unpaired) electrons. The third-order valence-electron chi connectivity index (χ3n) is 6.77. The molecule has 0 amide bonds. The highest BCUT2D eigenvalue weighted by atomic mass is 19.4. The smallest absolute Gasteiger partial charge is 0.377 e. The Morgan fingerprint density at radius 2 is 1.72 bits per heavy atom. The van der Waals surface area contributed by atoms with Gasteiger partial charge in [0.1, 0.15) is 17.2 Å². The second-order valence-corrected chi connectivity index (χ2v) is 10.2. The molecule has 1 aliphatic heterocycles. The first-order chi connectivity index (χ1) is 18.5. The standard InChI is InChI=1S/C29H30F4N6/c1-16(2)20-7-5-6-8-21(20)26-37-24-22(30)14-34-25(24)27(38-26)35-13-18-9-11-19(12-10-18)28-36-23(29(31,32)33)15-39(28)17(3)4/h5-12,15-17,22,34H,13-14H2,1-4H3,(H,35,37,38). The Bertz CT molecular complexity index is 1470. The predicted octanol–water partition coefficient (Wildman–Crippen LogP) is 7.78. The molecule has 0 saturated heterocycles. The van der Waals surface area contributed by atoms with Gasteiger partial charge in [0.15, 0.2) is 23.5 Å². The van der Waals surface area contributed by atoms with Crippen molar-refractivity contribution in [3.05, 3.63) is 77.2 Å². The van der Waals surface area contributed by atoms with Crippen LogP contribution in [0.3, 0.4) is 0 Å². The third-order valence-corrected chi connectivity index (χ3v) is 6.77. The van der Waals surface area contributed by atoms with E-state index in [1.165, 1.54) is 4.57 Å². The molecule has 0 bridgehead atoms. The summed E-state index contributed by atoms with van der Waals surface area (Å²) in [5.41, 5.74) is 3.36. The van der Waals surface area contributed by atoms with Crippen molar-refractivity contribution in [2.45, 2.75) is 58.5 Å². The molecule has 2 N–H and O–H groups in total. The maximum Gasteiger partial charge on any atom is 0.434 e. The first-order valence-electron chi connectivity index (χ1n) is 12.9. The molecule has 4 aromatic rings. The number of imidazole rings is 1. The lowest BCUT2D eigenvalue weighted by Gasteiger charge is -2.16. The lowest BCUT2D eigenvalue weighted by atomic mass is 9.97. The van der Waals surface area contributed by atoms with Crippen molar-refractivity contribution in [1.82, 2.24) is 19.5 Å². The maximum atomic E-state index is 14.7. The minimum absolute atomic E-state index is 0.130. The summed E-state index contributed by atoms with van der Waals surface area (Å²) in [7, 11) is 0. The Labute approximate surface area is 224 Å². The minimum atomic E-state index is -4.52. The van der Waals surface area contributed by atoms with E-state index >= 15 is 0 Å². The van der Waals surface area contributed by atoms with Gasteiger partial charge in [0, 0.05) is 29.9 Å². The number of hydrogen-bond donors (Lipinski definition) is 2. The average Bonchev–Trinajstić information content (AvgIpc) is 3.52. The van der Waals surface area contributed by atoms with E-state index in [0.717, 1.165) is 22.9 Å². The van der Waals surface area contributed by atoms with E-state index in [1.54, 1.807) is 12.1 Å². The van der Waals surface area contributed by atoms with Crippen LogP contribution in [0.4, 0.5) is 29.1 Å². The second-order valence-electron chi connectivity index (χ2n) is 10.2. The lowest BCUT2D eigenvalue weighted by molar-refractivity contribution is -0.140. The monoisotopic (exact) mass is 538 g/mol. The molecule has 39 heavy (non-hydrogen) atoms. The van der Waals surface area contributed by atoms with E-state index in [1.807, 2.05) is 50.2 Å². The summed E-state index contributed by atoms with van der Waals surface area (Å²) in [6.07, 6.45) is -4.71. The van der Waals surface area contributed by atoms with Crippen LogP contribution in [0.2, 0.25) is 0 Å². The van der Waals surface area contributed by atoms with Crippen molar-refractivity contribution in [3.63, 3.8) is 0 Å². The number of fused-ring (bicyclic) bond motifs is 1. The number of rotatable bonds is 7. The molecule has 5 rings (SSSR count). The first-order valence-corrected chi connectivity index (χ1v) is 12.9. The van der Waals surface area contributed by atoms with Crippen LogP contribution in [-0.2, 0) is 12.7 Å². The molecule has 1 atom stereocenters. The Hall–Kier alpha value is -3.95. The summed E-state index contributed by atoms with van der Waals surface area (Å²) in [5, 5.41) is 6.37. The number of benzene rings is 2. The van der Waals surface area contributed by atoms with Crippen LogP contribution in [0.15, 0.2) is 54.7 Å². The number of alkyl halides is 4. The second kappa shape index (κ2) is 10.3. The van der Waals surface area contributed by atoms with E-state index < -0.39 is 18.0 Å². The Kier molecular flexibility index (Phi) is 7.05. The van der Waals surface area contributed by atoms with E-state index in [-0.39, 0.29) is 24.3 Å². The highest BCUT2D eigenvalue weighted by Gasteiger charge is 2.35. The van der Waals surface area contributed by atoms with Crippen molar-refractivity contribution in [1.29, 1.82) is 0 Å². The van der Waals surface area contributed by atoms with Crippen LogP contribution in [0.5, 0.6) is 0 Å². The SMILES string of the molecule is CC(C)c1ccccc1-c1nc(NCc2ccc(-c3nc(C(F)(F)F)cn3C(C)C)cc2)c2c(n1)C(F)CN2. The quantitative estimate of drug-likeness (QED) is 0.235. The fraction of sp³-hybridized carbons (Fsp3) is 0.345. The summed E-state index contributed by atoms with van der Waals surface area (Å²) >= 11 is 0. The van der Waals surface area contributed by atoms with Crippen LogP contribution in [-0.4, -0.2) is 26.1 Å². The molecule has 6 nitrogen and oxygen atoms in total. The molecule has 2 aromatic carbocycles. The fourth-order valence-electron chi connectivity index (χ4n) is 4.71. The summed E-state index contributed by atoms with van der Waals surface area (Å²) in [6, 6.07) is 14.8. The number of anilines is 2. The number of hydrogen-bond acceptors (Lipinski definition) is 5. The van der Waals surface area contributed by atoms with Crippen LogP contribution in [0.1, 0.15) is 68.3 Å². The van der Waals surface area contributed by atoms with Crippen molar-refractivity contribution in [2.75, 3.05) is 17.2 Å². The highest BCUT2D eigenvalue weighted by Crippen LogP contribution is 2.39. The van der Waals surface area contributed by atoms with Gasteiger partial charge >= 0.3 is 6.18 Å². The molecular weight excluding hydrogens is 508 g/mol. The molecule has 1 aliphatic rings. The zero-order chi connectivity index (χ0) is 27.9. The van der Waals surface area contributed by atoms with E-state index in [0.29, 0.717) is 35.1 Å². The fourth-order valence-corrected chi connectivity index (χ4v) is 4.71. The van der Waals surface area contributed by atoms with Crippen molar-refractivity contribution < 1.29 is 17.6 Å². The largest absolute Gasteiger partial charge is 0.434 e. The Balaban J connectivity index is 1.42. The van der Waals surface area contributed by atoms with Gasteiger partial charge in [-0.3, -0.25) is 0 Å². The summed E-state index contributed by atoms with van der Waals surface area (Å²) in [6.45, 7) is 8.31. The van der Waals surface area contributed by atoms with E-state index in [9.17, 15) is 17.6 Å². The van der Waals surface area contributed by atoms with E-state index in [4.69, 9.17) is 4.98 Å². The molecule has 3 heterocycles. The Morgan fingerprint density at radius 3 is 2.38 bits per heavy atom. The average molecular weight is 539 g/mol. The highest BCUT2D eigenvalue weighted by molar-refractivity contribution is 5.74. The van der Waals surface area contributed by atoms with Crippen LogP contribution in [0, 0.1) is 0 Å². The number of halogens is 4. The normalized spacial score (nSPS) is 15.1. The van der Waals surface area contributed by atoms with Gasteiger partial charge in [0.2, 0.25) is 0 Å². The first kappa shape index (κ1) is 26.6. The molecular formula is C29H30F4N6. The Morgan fingerprint density at radius 1 is 1.00 bits per heavy atom. The lowest BCUT2D eigenvalue weighted by Crippen LogP contribution is -2.07. The van der Waals surface area contributed by atoms with Gasteiger partial charge in [0.25, 0.3) is 0 Å². The van der Waals surface area contributed by atoms with Crippen LogP contribution in [0.25, 0.3) is 22.8 Å². The third kappa shape index (κ3) is 5.32. The zero-order valence-corrected chi connectivity index (χ0v) is 22.1. The maximum absolute atomic E-state index is 14.7. The van der Waals surface area contributed by atoms with Crippen molar-refractivity contribution >= 4 is 11.5 Å². The van der Waals surface area contributed by atoms with E-state index in [2.05, 4.69) is 34.4 Å². The topological polar surface area (TPSA) is 67.7 Å². The molecule has 0 saturated carbocycles. The van der Waals surface area contributed by atoms with Gasteiger partial charge in [-0.1, -0.05) is 62.4 Å². The van der Waals surface area contributed by atoms with Crippen molar-refractivity contribution in [3.8, 4) is 22.8 Å². The molecule has 10 heteroatoms. The summed E-state index contributed by atoms with van der Waals surface area (Å²) in [5.74, 6) is 1.47. The van der Waals surface area contributed by atoms with Gasteiger partial charge in [-0.2, -0.15) is 13.2 Å².